The summed E-state index contributed by atoms with van der Waals surface area (Å²) in [6.45, 7) is 2.19. The fraction of sp³-hybridized carbons (Fsp3) is 0.167. The van der Waals surface area contributed by atoms with Gasteiger partial charge in [-0.05, 0) is 55.0 Å². The molecule has 0 bridgehead atoms. The summed E-state index contributed by atoms with van der Waals surface area (Å²) < 4.78 is 19.0. The van der Waals surface area contributed by atoms with Crippen molar-refractivity contribution in [2.24, 2.45) is 7.05 Å². The maximum absolute atomic E-state index is 11.1. The maximum atomic E-state index is 11.1. The highest BCUT2D eigenvalue weighted by molar-refractivity contribution is 5.88. The molecule has 1 N–H and O–H groups in total. The quantitative estimate of drug-likeness (QED) is 0.457. The van der Waals surface area contributed by atoms with Crippen molar-refractivity contribution in [1.29, 1.82) is 0 Å². The molecule has 0 aliphatic heterocycles. The molecule has 31 heavy (non-hydrogen) atoms. The highest BCUT2D eigenvalue weighted by Gasteiger charge is 2.11. The molecule has 4 rings (SSSR count). The highest BCUT2D eigenvalue weighted by Crippen LogP contribution is 2.29. The standard InChI is InChI=1S/C24H22N2O5/c1-15-9-19(29-3)12-20(10-15)31-18-7-8-21-22(13-18)26(2)23(25-21)14-30-17-6-4-5-16(11-17)24(27)28/h4-13H,14H2,1-3H3,(H,27,28). The second kappa shape index (κ2) is 8.39. The Morgan fingerprint density at radius 3 is 2.58 bits per heavy atom. The van der Waals surface area contributed by atoms with Gasteiger partial charge in [0.25, 0.3) is 0 Å². The van der Waals surface area contributed by atoms with Crippen molar-refractivity contribution in [1.82, 2.24) is 9.55 Å². The first-order chi connectivity index (χ1) is 14.9. The van der Waals surface area contributed by atoms with Crippen molar-refractivity contribution < 1.29 is 24.1 Å². The number of carboxylic acid groups (broad SMARTS) is 1. The summed E-state index contributed by atoms with van der Waals surface area (Å²) in [5, 5.41) is 9.12. The van der Waals surface area contributed by atoms with Crippen LogP contribution in [0.5, 0.6) is 23.0 Å². The van der Waals surface area contributed by atoms with Gasteiger partial charge >= 0.3 is 5.97 Å². The number of carbonyl (C=O) groups is 1. The van der Waals surface area contributed by atoms with Crippen LogP contribution in [0.15, 0.2) is 60.7 Å². The van der Waals surface area contributed by atoms with E-state index in [0.29, 0.717) is 23.1 Å². The smallest absolute Gasteiger partial charge is 0.335 e. The summed E-state index contributed by atoms with van der Waals surface area (Å²) in [6, 6.07) is 17.8. The first kappa shape index (κ1) is 20.3. The molecule has 0 aliphatic rings. The predicted molar refractivity (Wildman–Crippen MR) is 116 cm³/mol. The lowest BCUT2D eigenvalue weighted by Crippen LogP contribution is -2.04. The molecule has 7 nitrogen and oxygen atoms in total. The molecular formula is C24H22N2O5. The Kier molecular flexibility index (Phi) is 5.49. The van der Waals surface area contributed by atoms with Crippen molar-refractivity contribution >= 4 is 17.0 Å². The molecule has 158 valence electrons. The molecule has 0 saturated carbocycles. The van der Waals surface area contributed by atoms with Gasteiger partial charge in [0.05, 0.1) is 23.7 Å². The van der Waals surface area contributed by atoms with Gasteiger partial charge in [-0.25, -0.2) is 9.78 Å². The fourth-order valence-corrected chi connectivity index (χ4v) is 3.31. The van der Waals surface area contributed by atoms with Gasteiger partial charge in [-0.2, -0.15) is 0 Å². The number of carboxylic acids is 1. The van der Waals surface area contributed by atoms with E-state index < -0.39 is 5.97 Å². The van der Waals surface area contributed by atoms with Crippen LogP contribution in [0.4, 0.5) is 0 Å². The summed E-state index contributed by atoms with van der Waals surface area (Å²) in [4.78, 5) is 15.7. The van der Waals surface area contributed by atoms with Gasteiger partial charge in [0.2, 0.25) is 0 Å². The molecule has 0 amide bonds. The number of benzene rings is 3. The number of hydrogen-bond acceptors (Lipinski definition) is 5. The van der Waals surface area contributed by atoms with Gasteiger partial charge in [-0.3, -0.25) is 0 Å². The molecule has 0 aliphatic carbocycles. The summed E-state index contributed by atoms with van der Waals surface area (Å²) in [5.41, 5.74) is 2.93. The van der Waals surface area contributed by atoms with Crippen LogP contribution in [-0.2, 0) is 13.7 Å². The third-order valence-corrected chi connectivity index (χ3v) is 4.89. The van der Waals surface area contributed by atoms with E-state index in [1.54, 1.807) is 19.2 Å². The van der Waals surface area contributed by atoms with Gasteiger partial charge in [-0.15, -0.1) is 0 Å². The van der Waals surface area contributed by atoms with Crippen LogP contribution in [0.2, 0.25) is 0 Å². The normalized spacial score (nSPS) is 10.8. The number of aromatic nitrogens is 2. The van der Waals surface area contributed by atoms with Crippen LogP contribution in [0.3, 0.4) is 0 Å². The van der Waals surface area contributed by atoms with E-state index in [-0.39, 0.29) is 12.2 Å². The van der Waals surface area contributed by atoms with E-state index in [9.17, 15) is 4.79 Å². The summed E-state index contributed by atoms with van der Waals surface area (Å²) in [6.07, 6.45) is 0. The van der Waals surface area contributed by atoms with Gasteiger partial charge in [-0.1, -0.05) is 6.07 Å². The summed E-state index contributed by atoms with van der Waals surface area (Å²) >= 11 is 0. The lowest BCUT2D eigenvalue weighted by Gasteiger charge is -2.09. The van der Waals surface area contributed by atoms with Crippen LogP contribution in [-0.4, -0.2) is 27.7 Å². The number of methoxy groups -OCH3 is 1. The Morgan fingerprint density at radius 1 is 1.00 bits per heavy atom. The van der Waals surface area contributed by atoms with Crippen LogP contribution < -0.4 is 14.2 Å². The molecule has 0 unspecified atom stereocenters. The van der Waals surface area contributed by atoms with Gasteiger partial charge in [0.1, 0.15) is 35.4 Å². The minimum Gasteiger partial charge on any atom is -0.497 e. The van der Waals surface area contributed by atoms with Crippen molar-refractivity contribution in [2.45, 2.75) is 13.5 Å². The van der Waals surface area contributed by atoms with E-state index in [0.717, 1.165) is 22.3 Å². The first-order valence-corrected chi connectivity index (χ1v) is 9.68. The number of nitrogens with zero attached hydrogens (tertiary/aromatic N) is 2. The van der Waals surface area contributed by atoms with Crippen LogP contribution in [0, 0.1) is 6.92 Å². The Labute approximate surface area is 179 Å². The average molecular weight is 418 g/mol. The summed E-state index contributed by atoms with van der Waals surface area (Å²) in [5.74, 6) is 2.31. The summed E-state index contributed by atoms with van der Waals surface area (Å²) in [7, 11) is 3.53. The molecule has 3 aromatic carbocycles. The lowest BCUT2D eigenvalue weighted by atomic mass is 10.2. The van der Waals surface area contributed by atoms with Gasteiger partial charge < -0.3 is 23.9 Å². The molecule has 0 fully saturated rings. The Balaban J connectivity index is 1.55. The number of rotatable bonds is 7. The zero-order chi connectivity index (χ0) is 22.0. The minimum absolute atomic E-state index is 0.178. The number of imidazole rings is 1. The van der Waals surface area contributed by atoms with Crippen molar-refractivity contribution in [3.63, 3.8) is 0 Å². The highest BCUT2D eigenvalue weighted by atomic mass is 16.5. The number of aromatic carboxylic acids is 1. The Bertz CT molecular complexity index is 1260. The van der Waals surface area contributed by atoms with Crippen LogP contribution >= 0.6 is 0 Å². The average Bonchev–Trinajstić information content (AvgIpc) is 3.07. The molecule has 0 saturated heterocycles. The second-order valence-corrected chi connectivity index (χ2v) is 7.15. The van der Waals surface area contributed by atoms with E-state index in [4.69, 9.17) is 19.3 Å². The molecule has 4 aromatic rings. The van der Waals surface area contributed by atoms with E-state index in [1.165, 1.54) is 12.1 Å². The fourth-order valence-electron chi connectivity index (χ4n) is 3.31. The molecule has 0 radical (unpaired) electrons. The Hall–Kier alpha value is -4.00. The zero-order valence-corrected chi connectivity index (χ0v) is 17.5. The molecule has 7 heteroatoms. The van der Waals surface area contributed by atoms with E-state index in [2.05, 4.69) is 4.98 Å². The number of aryl methyl sites for hydroxylation is 2. The number of hydrogen-bond donors (Lipinski definition) is 1. The molecule has 1 heterocycles. The van der Waals surface area contributed by atoms with Crippen molar-refractivity contribution in [3.05, 3.63) is 77.6 Å². The predicted octanol–water partition coefficient (Wildman–Crippen LogP) is 4.96. The van der Waals surface area contributed by atoms with Crippen LogP contribution in [0.25, 0.3) is 11.0 Å². The third kappa shape index (κ3) is 4.45. The second-order valence-electron chi connectivity index (χ2n) is 7.15. The molecular weight excluding hydrogens is 396 g/mol. The lowest BCUT2D eigenvalue weighted by molar-refractivity contribution is 0.0696. The minimum atomic E-state index is -0.994. The first-order valence-electron chi connectivity index (χ1n) is 9.68. The van der Waals surface area contributed by atoms with Crippen molar-refractivity contribution in [3.8, 4) is 23.0 Å². The topological polar surface area (TPSA) is 82.8 Å². The largest absolute Gasteiger partial charge is 0.497 e. The molecule has 1 aromatic heterocycles. The maximum Gasteiger partial charge on any atom is 0.335 e. The van der Waals surface area contributed by atoms with Gasteiger partial charge in [0.15, 0.2) is 0 Å². The monoisotopic (exact) mass is 418 g/mol. The molecule has 0 spiro atoms. The Morgan fingerprint density at radius 2 is 1.81 bits per heavy atom. The molecule has 0 atom stereocenters. The van der Waals surface area contributed by atoms with Crippen molar-refractivity contribution in [2.75, 3.05) is 7.11 Å². The number of fused-ring (bicyclic) bond motifs is 1. The van der Waals surface area contributed by atoms with Gasteiger partial charge in [0, 0.05) is 19.2 Å². The van der Waals surface area contributed by atoms with E-state index in [1.807, 2.05) is 54.9 Å². The SMILES string of the molecule is COc1cc(C)cc(Oc2ccc3nc(COc4cccc(C(=O)O)c4)n(C)c3c2)c1. The van der Waals surface area contributed by atoms with Crippen LogP contribution in [0.1, 0.15) is 21.7 Å². The zero-order valence-electron chi connectivity index (χ0n) is 17.5. The third-order valence-electron chi connectivity index (χ3n) is 4.89. The van der Waals surface area contributed by atoms with E-state index >= 15 is 0 Å². The number of ether oxygens (including phenoxy) is 3.